The topological polar surface area (TPSA) is 61.3 Å². The molecule has 0 unspecified atom stereocenters. The van der Waals surface area contributed by atoms with Gasteiger partial charge in [-0.25, -0.2) is 0 Å². The quantitative estimate of drug-likeness (QED) is 0.766. The van der Waals surface area contributed by atoms with Gasteiger partial charge in [-0.05, 0) is 20.2 Å². The van der Waals surface area contributed by atoms with Crippen LogP contribution in [0.4, 0.5) is 5.13 Å². The molecule has 0 saturated carbocycles. The lowest BCUT2D eigenvalue weighted by atomic mass is 10.2. The summed E-state index contributed by atoms with van der Waals surface area (Å²) in [7, 11) is 4.11. The maximum Gasteiger partial charge on any atom is 0.206 e. The highest BCUT2D eigenvalue weighted by atomic mass is 32.2. The minimum atomic E-state index is 0.296. The SMILES string of the molecule is CN(C)CCSc1nnc(NCc2ccccc2O)s1. The fourth-order valence-corrected chi connectivity index (χ4v) is 3.41. The lowest BCUT2D eigenvalue weighted by molar-refractivity contribution is 0.437. The van der Waals surface area contributed by atoms with Gasteiger partial charge in [-0.15, -0.1) is 10.2 Å². The Morgan fingerprint density at radius 3 is 2.85 bits per heavy atom. The molecule has 0 bridgehead atoms. The molecule has 0 fully saturated rings. The second-order valence-electron chi connectivity index (χ2n) is 4.51. The predicted octanol–water partition coefficient (Wildman–Crippen LogP) is 2.51. The molecular formula is C13H18N4OS2. The molecule has 0 amide bonds. The van der Waals surface area contributed by atoms with Crippen LogP contribution in [0.2, 0.25) is 0 Å². The Morgan fingerprint density at radius 1 is 1.30 bits per heavy atom. The summed E-state index contributed by atoms with van der Waals surface area (Å²) in [4.78, 5) is 2.14. The largest absolute Gasteiger partial charge is 0.508 e. The van der Waals surface area contributed by atoms with Gasteiger partial charge in [0, 0.05) is 24.4 Å². The van der Waals surface area contributed by atoms with E-state index in [-0.39, 0.29) is 0 Å². The number of hydrogen-bond acceptors (Lipinski definition) is 7. The van der Waals surface area contributed by atoms with Gasteiger partial charge in [0.25, 0.3) is 0 Å². The summed E-state index contributed by atoms with van der Waals surface area (Å²) in [5.74, 6) is 1.30. The third-order valence-corrected chi connectivity index (χ3v) is 4.59. The molecule has 5 nitrogen and oxygen atoms in total. The number of anilines is 1. The van der Waals surface area contributed by atoms with Gasteiger partial charge in [-0.1, -0.05) is 41.3 Å². The molecule has 0 radical (unpaired) electrons. The number of nitrogens with one attached hydrogen (secondary N) is 1. The molecule has 1 aromatic carbocycles. The van der Waals surface area contributed by atoms with Crippen molar-refractivity contribution < 1.29 is 5.11 Å². The number of aromatic hydroxyl groups is 1. The molecule has 0 saturated heterocycles. The van der Waals surface area contributed by atoms with Crippen molar-refractivity contribution in [2.24, 2.45) is 0 Å². The number of benzene rings is 1. The summed E-state index contributed by atoms with van der Waals surface area (Å²) in [6.07, 6.45) is 0. The number of rotatable bonds is 7. The van der Waals surface area contributed by atoms with E-state index in [1.807, 2.05) is 18.2 Å². The second kappa shape index (κ2) is 7.47. The molecule has 2 aromatic rings. The molecule has 108 valence electrons. The van der Waals surface area contributed by atoms with Crippen molar-refractivity contribution in [1.29, 1.82) is 0 Å². The van der Waals surface area contributed by atoms with Gasteiger partial charge >= 0.3 is 0 Å². The first-order chi connectivity index (χ1) is 9.65. The zero-order chi connectivity index (χ0) is 14.4. The van der Waals surface area contributed by atoms with Crippen LogP contribution in [0.3, 0.4) is 0 Å². The van der Waals surface area contributed by atoms with Crippen molar-refractivity contribution in [3.8, 4) is 5.75 Å². The standard InChI is InChI=1S/C13H18N4OS2/c1-17(2)7-8-19-13-16-15-12(20-13)14-9-10-5-3-4-6-11(10)18/h3-6,18H,7-9H2,1-2H3,(H,14,15). The Morgan fingerprint density at radius 2 is 2.10 bits per heavy atom. The van der Waals surface area contributed by atoms with Gasteiger partial charge in [0.05, 0.1) is 0 Å². The highest BCUT2D eigenvalue weighted by Crippen LogP contribution is 2.26. The number of phenolic OH excluding ortho intramolecular Hbond substituents is 1. The first-order valence-electron chi connectivity index (χ1n) is 6.27. The number of nitrogens with zero attached hydrogens (tertiary/aromatic N) is 3. The Labute approximate surface area is 127 Å². The lowest BCUT2D eigenvalue weighted by Crippen LogP contribution is -2.14. The monoisotopic (exact) mass is 310 g/mol. The number of para-hydroxylation sites is 1. The van der Waals surface area contributed by atoms with Gasteiger partial charge < -0.3 is 15.3 Å². The Bertz CT molecular complexity index is 545. The van der Waals surface area contributed by atoms with Crippen molar-refractivity contribution in [1.82, 2.24) is 15.1 Å². The summed E-state index contributed by atoms with van der Waals surface area (Å²) in [6.45, 7) is 1.56. The molecule has 2 rings (SSSR count). The van der Waals surface area contributed by atoms with Crippen LogP contribution in [-0.2, 0) is 6.54 Å². The molecule has 0 aliphatic heterocycles. The molecule has 2 N–H and O–H groups in total. The van der Waals surface area contributed by atoms with E-state index in [1.54, 1.807) is 17.8 Å². The maximum absolute atomic E-state index is 9.68. The van der Waals surface area contributed by atoms with Crippen molar-refractivity contribution in [3.63, 3.8) is 0 Å². The Balaban J connectivity index is 1.82. The van der Waals surface area contributed by atoms with Crippen LogP contribution in [0, 0.1) is 0 Å². The molecule has 7 heteroatoms. The Hall–Kier alpha value is -1.31. The molecule has 20 heavy (non-hydrogen) atoms. The summed E-state index contributed by atoms with van der Waals surface area (Å²) >= 11 is 3.25. The van der Waals surface area contributed by atoms with Gasteiger partial charge in [0.1, 0.15) is 5.75 Å². The third kappa shape index (κ3) is 4.66. The van der Waals surface area contributed by atoms with Crippen LogP contribution in [-0.4, -0.2) is 46.6 Å². The van der Waals surface area contributed by atoms with Crippen LogP contribution in [0.1, 0.15) is 5.56 Å². The van der Waals surface area contributed by atoms with Crippen molar-refractivity contribution in [3.05, 3.63) is 29.8 Å². The third-order valence-electron chi connectivity index (χ3n) is 2.59. The molecular weight excluding hydrogens is 292 g/mol. The maximum atomic E-state index is 9.68. The molecule has 0 atom stereocenters. The van der Waals surface area contributed by atoms with Crippen molar-refractivity contribution in [2.45, 2.75) is 10.9 Å². The van der Waals surface area contributed by atoms with Crippen LogP contribution in [0.25, 0.3) is 0 Å². The fraction of sp³-hybridized carbons (Fsp3) is 0.385. The number of aromatic nitrogens is 2. The number of hydrogen-bond donors (Lipinski definition) is 2. The average Bonchev–Trinajstić information content (AvgIpc) is 2.85. The van der Waals surface area contributed by atoms with Crippen molar-refractivity contribution in [2.75, 3.05) is 31.7 Å². The average molecular weight is 310 g/mol. The van der Waals surface area contributed by atoms with Crippen LogP contribution in [0.15, 0.2) is 28.6 Å². The highest BCUT2D eigenvalue weighted by Gasteiger charge is 2.06. The van der Waals surface area contributed by atoms with E-state index < -0.39 is 0 Å². The first-order valence-corrected chi connectivity index (χ1v) is 8.07. The van der Waals surface area contributed by atoms with Gasteiger partial charge in [0.2, 0.25) is 5.13 Å². The predicted molar refractivity (Wildman–Crippen MR) is 84.6 cm³/mol. The molecule has 1 heterocycles. The molecule has 0 aliphatic rings. The summed E-state index contributed by atoms with van der Waals surface area (Å²) in [5.41, 5.74) is 0.851. The van der Waals surface area contributed by atoms with Crippen LogP contribution < -0.4 is 5.32 Å². The molecule has 0 spiro atoms. The van der Waals surface area contributed by atoms with E-state index in [1.165, 1.54) is 11.3 Å². The Kier molecular flexibility index (Phi) is 5.63. The van der Waals surface area contributed by atoms with E-state index in [0.29, 0.717) is 12.3 Å². The molecule has 1 aromatic heterocycles. The molecule has 0 aliphatic carbocycles. The highest BCUT2D eigenvalue weighted by molar-refractivity contribution is 8.01. The normalized spacial score (nSPS) is 10.9. The minimum Gasteiger partial charge on any atom is -0.508 e. The van der Waals surface area contributed by atoms with Gasteiger partial charge in [-0.3, -0.25) is 0 Å². The fourth-order valence-electron chi connectivity index (χ4n) is 1.49. The lowest BCUT2D eigenvalue weighted by Gasteiger charge is -2.06. The summed E-state index contributed by atoms with van der Waals surface area (Å²) < 4.78 is 0.964. The smallest absolute Gasteiger partial charge is 0.206 e. The van der Waals surface area contributed by atoms with E-state index in [2.05, 4.69) is 34.5 Å². The zero-order valence-electron chi connectivity index (χ0n) is 11.5. The van der Waals surface area contributed by atoms with E-state index >= 15 is 0 Å². The first kappa shape index (κ1) is 15.1. The van der Waals surface area contributed by atoms with E-state index in [4.69, 9.17) is 0 Å². The number of thioether (sulfide) groups is 1. The minimum absolute atomic E-state index is 0.296. The van der Waals surface area contributed by atoms with Gasteiger partial charge in [-0.2, -0.15) is 0 Å². The van der Waals surface area contributed by atoms with Gasteiger partial charge in [0.15, 0.2) is 4.34 Å². The zero-order valence-corrected chi connectivity index (χ0v) is 13.2. The summed E-state index contributed by atoms with van der Waals surface area (Å²) in [6, 6.07) is 7.28. The van der Waals surface area contributed by atoms with Crippen LogP contribution >= 0.6 is 23.1 Å². The van der Waals surface area contributed by atoms with Crippen LogP contribution in [0.5, 0.6) is 5.75 Å². The number of phenols is 1. The van der Waals surface area contributed by atoms with E-state index in [0.717, 1.165) is 27.3 Å². The summed E-state index contributed by atoms with van der Waals surface area (Å²) in [5, 5.41) is 21.9. The van der Waals surface area contributed by atoms with Crippen molar-refractivity contribution >= 4 is 28.2 Å². The second-order valence-corrected chi connectivity index (χ2v) is 6.83. The van der Waals surface area contributed by atoms with E-state index in [9.17, 15) is 5.11 Å².